The smallest absolute Gasteiger partial charge is 0.295 e. The summed E-state index contributed by atoms with van der Waals surface area (Å²) in [5, 5.41) is 0. The minimum Gasteiger partial charge on any atom is -0.295 e. The van der Waals surface area contributed by atoms with Crippen LogP contribution in [0.5, 0.6) is 0 Å². The van der Waals surface area contributed by atoms with Crippen molar-refractivity contribution < 1.29 is 8.78 Å². The highest BCUT2D eigenvalue weighted by molar-refractivity contribution is 9.10. The molecule has 1 heterocycles. The van der Waals surface area contributed by atoms with Crippen molar-refractivity contribution in [3.63, 3.8) is 0 Å². The highest BCUT2D eigenvalue weighted by Gasteiger charge is 2.29. The normalized spacial score (nSPS) is 12.4. The van der Waals surface area contributed by atoms with Crippen LogP contribution in [0.1, 0.15) is 12.5 Å². The van der Waals surface area contributed by atoms with Crippen LogP contribution in [0.15, 0.2) is 21.4 Å². The monoisotopic (exact) mass is 304 g/mol. The maximum absolute atomic E-state index is 13.5. The summed E-state index contributed by atoms with van der Waals surface area (Å²) in [7, 11) is 3.06. The highest BCUT2D eigenvalue weighted by atomic mass is 79.9. The van der Waals surface area contributed by atoms with Crippen LogP contribution >= 0.6 is 15.9 Å². The first-order chi connectivity index (χ1) is 7.73. The number of alkyl halides is 2. The van der Waals surface area contributed by atoms with E-state index >= 15 is 0 Å². The first kappa shape index (κ1) is 12.3. The second-order valence-electron chi connectivity index (χ2n) is 4.11. The topological polar surface area (TPSA) is 26.9 Å². The number of aryl methyl sites for hydroxylation is 2. The molecule has 2 rings (SSSR count). The molecule has 0 N–H and O–H groups in total. The Morgan fingerprint density at radius 1 is 1.24 bits per heavy atom. The Morgan fingerprint density at radius 2 is 1.82 bits per heavy atom. The molecule has 0 bridgehead atoms. The van der Waals surface area contributed by atoms with E-state index in [9.17, 15) is 13.6 Å². The molecule has 0 unspecified atom stereocenters. The van der Waals surface area contributed by atoms with Crippen LogP contribution < -0.4 is 5.69 Å². The average Bonchev–Trinajstić information content (AvgIpc) is 2.42. The third-order valence-corrected chi connectivity index (χ3v) is 3.26. The first-order valence-electron chi connectivity index (χ1n) is 4.96. The average molecular weight is 305 g/mol. The Bertz CT molecular complexity index is 652. The van der Waals surface area contributed by atoms with Crippen molar-refractivity contribution in [3.8, 4) is 0 Å². The molecule has 6 heteroatoms. The number of nitrogens with zero attached hydrogens (tertiary/aromatic N) is 2. The highest BCUT2D eigenvalue weighted by Crippen LogP contribution is 2.34. The Labute approximate surface area is 105 Å². The van der Waals surface area contributed by atoms with Crippen molar-refractivity contribution >= 4 is 27.0 Å². The number of rotatable bonds is 1. The van der Waals surface area contributed by atoms with Gasteiger partial charge >= 0.3 is 5.69 Å². The Hall–Kier alpha value is -1.17. The van der Waals surface area contributed by atoms with E-state index in [2.05, 4.69) is 15.9 Å². The van der Waals surface area contributed by atoms with Crippen LogP contribution in [0.3, 0.4) is 0 Å². The van der Waals surface area contributed by atoms with Gasteiger partial charge in [0.05, 0.1) is 11.0 Å². The standard InChI is InChI=1S/C11H11BrF2N2O/c1-11(13,14)7-4-6(12)5-8-9(7)16(3)10(17)15(8)2/h4-5H,1-3H3. The van der Waals surface area contributed by atoms with Gasteiger partial charge in [0.25, 0.3) is 5.92 Å². The van der Waals surface area contributed by atoms with Gasteiger partial charge < -0.3 is 0 Å². The van der Waals surface area contributed by atoms with Crippen molar-refractivity contribution in [2.24, 2.45) is 14.1 Å². The van der Waals surface area contributed by atoms with Crippen LogP contribution in [-0.2, 0) is 20.0 Å². The van der Waals surface area contributed by atoms with Crippen LogP contribution in [-0.4, -0.2) is 9.13 Å². The predicted molar refractivity (Wildman–Crippen MR) is 65.4 cm³/mol. The van der Waals surface area contributed by atoms with E-state index in [1.54, 1.807) is 13.1 Å². The van der Waals surface area contributed by atoms with E-state index in [0.717, 1.165) is 6.92 Å². The number of imidazole rings is 1. The van der Waals surface area contributed by atoms with Gasteiger partial charge in [0.15, 0.2) is 0 Å². The lowest BCUT2D eigenvalue weighted by atomic mass is 10.1. The zero-order valence-electron chi connectivity index (χ0n) is 9.59. The molecule has 0 spiro atoms. The summed E-state index contributed by atoms with van der Waals surface area (Å²) < 4.78 is 30.2. The molecular formula is C11H11BrF2N2O. The van der Waals surface area contributed by atoms with Gasteiger partial charge in [0, 0.05) is 31.1 Å². The summed E-state index contributed by atoms with van der Waals surface area (Å²) in [5.41, 5.74) is 0.294. The first-order valence-corrected chi connectivity index (χ1v) is 5.76. The van der Waals surface area contributed by atoms with Gasteiger partial charge in [-0.15, -0.1) is 0 Å². The number of fused-ring (bicyclic) bond motifs is 1. The zero-order valence-corrected chi connectivity index (χ0v) is 11.2. The van der Waals surface area contributed by atoms with Gasteiger partial charge in [-0.05, 0) is 12.1 Å². The summed E-state index contributed by atoms with van der Waals surface area (Å²) in [5.74, 6) is -2.99. The maximum Gasteiger partial charge on any atom is 0.328 e. The SMILES string of the molecule is Cn1c(=O)n(C)c2c(C(C)(F)F)cc(Br)cc21. The number of aromatic nitrogens is 2. The Morgan fingerprint density at radius 3 is 2.35 bits per heavy atom. The van der Waals surface area contributed by atoms with E-state index in [-0.39, 0.29) is 16.8 Å². The number of hydrogen-bond donors (Lipinski definition) is 0. The van der Waals surface area contributed by atoms with Crippen molar-refractivity contribution in [3.05, 3.63) is 32.7 Å². The largest absolute Gasteiger partial charge is 0.328 e. The maximum atomic E-state index is 13.5. The van der Waals surface area contributed by atoms with Crippen molar-refractivity contribution in [2.45, 2.75) is 12.8 Å². The van der Waals surface area contributed by atoms with E-state index < -0.39 is 5.92 Å². The molecule has 3 nitrogen and oxygen atoms in total. The fourth-order valence-electron chi connectivity index (χ4n) is 1.95. The van der Waals surface area contributed by atoms with Crippen molar-refractivity contribution in [2.75, 3.05) is 0 Å². The van der Waals surface area contributed by atoms with E-state index in [1.807, 2.05) is 0 Å². The molecule has 0 aliphatic carbocycles. The minimum absolute atomic E-state index is 0.151. The van der Waals surface area contributed by atoms with Gasteiger partial charge in [0.1, 0.15) is 0 Å². The van der Waals surface area contributed by atoms with Gasteiger partial charge in [-0.25, -0.2) is 13.6 Å². The quantitative estimate of drug-likeness (QED) is 0.796. The number of halogens is 3. The van der Waals surface area contributed by atoms with Crippen LogP contribution in [0.4, 0.5) is 8.78 Å². The molecule has 0 aliphatic heterocycles. The van der Waals surface area contributed by atoms with E-state index in [4.69, 9.17) is 0 Å². The lowest BCUT2D eigenvalue weighted by molar-refractivity contribution is 0.0187. The Kier molecular flexibility index (Phi) is 2.65. The molecule has 2 aromatic rings. The van der Waals surface area contributed by atoms with Crippen LogP contribution in [0.2, 0.25) is 0 Å². The van der Waals surface area contributed by atoms with E-state index in [1.165, 1.54) is 22.2 Å². The zero-order chi connectivity index (χ0) is 13.0. The number of benzene rings is 1. The third-order valence-electron chi connectivity index (χ3n) is 2.80. The summed E-state index contributed by atoms with van der Waals surface area (Å²) in [6.07, 6.45) is 0. The molecule has 92 valence electrons. The fraction of sp³-hybridized carbons (Fsp3) is 0.364. The molecular weight excluding hydrogens is 294 g/mol. The molecule has 0 aliphatic rings. The van der Waals surface area contributed by atoms with E-state index in [0.29, 0.717) is 9.99 Å². The molecule has 0 radical (unpaired) electrons. The molecule has 0 amide bonds. The predicted octanol–water partition coefficient (Wildman–Crippen LogP) is 2.75. The summed E-state index contributed by atoms with van der Waals surface area (Å²) in [4.78, 5) is 11.7. The van der Waals surface area contributed by atoms with Gasteiger partial charge in [0.2, 0.25) is 0 Å². The summed E-state index contributed by atoms with van der Waals surface area (Å²) in [6, 6.07) is 3.01. The van der Waals surface area contributed by atoms with Crippen LogP contribution in [0.25, 0.3) is 11.0 Å². The molecule has 1 aromatic heterocycles. The molecule has 0 saturated carbocycles. The fourth-order valence-corrected chi connectivity index (χ4v) is 2.40. The minimum atomic E-state index is -2.99. The molecule has 1 aromatic carbocycles. The third kappa shape index (κ3) is 1.80. The van der Waals surface area contributed by atoms with Gasteiger partial charge in [-0.2, -0.15) is 0 Å². The lowest BCUT2D eigenvalue weighted by Crippen LogP contribution is -2.20. The summed E-state index contributed by atoms with van der Waals surface area (Å²) >= 11 is 3.19. The lowest BCUT2D eigenvalue weighted by Gasteiger charge is -2.13. The molecule has 0 fully saturated rings. The number of hydrogen-bond acceptors (Lipinski definition) is 1. The molecule has 0 saturated heterocycles. The second kappa shape index (κ2) is 3.66. The molecule has 0 atom stereocenters. The second-order valence-corrected chi connectivity index (χ2v) is 5.03. The van der Waals surface area contributed by atoms with Crippen molar-refractivity contribution in [1.29, 1.82) is 0 Å². The van der Waals surface area contributed by atoms with Gasteiger partial charge in [-0.3, -0.25) is 9.13 Å². The summed E-state index contributed by atoms with van der Waals surface area (Å²) in [6.45, 7) is 0.825. The Balaban J connectivity index is 3.04. The van der Waals surface area contributed by atoms with Gasteiger partial charge in [-0.1, -0.05) is 15.9 Å². The van der Waals surface area contributed by atoms with Crippen molar-refractivity contribution in [1.82, 2.24) is 9.13 Å². The van der Waals surface area contributed by atoms with Crippen LogP contribution in [0, 0.1) is 0 Å². The molecule has 17 heavy (non-hydrogen) atoms.